The van der Waals surface area contributed by atoms with E-state index in [1.807, 2.05) is 11.8 Å². The van der Waals surface area contributed by atoms with Crippen molar-refractivity contribution in [3.63, 3.8) is 0 Å². The molecule has 1 aliphatic heterocycles. The van der Waals surface area contributed by atoms with Crippen LogP contribution in [0.2, 0.25) is 0 Å². The lowest BCUT2D eigenvalue weighted by atomic mass is 9.96. The summed E-state index contributed by atoms with van der Waals surface area (Å²) in [4.78, 5) is 14.3. The fraction of sp³-hybridized carbons (Fsp3) is 0.929. The molecule has 3 heteroatoms. The Bertz CT molecular complexity index is 234. The molecule has 1 amide bonds. The SMILES string of the molecule is CCN(CC1CCCCN1)C(=O)C(C)C(C)C. The van der Waals surface area contributed by atoms with E-state index in [0.717, 1.165) is 19.6 Å². The van der Waals surface area contributed by atoms with E-state index < -0.39 is 0 Å². The van der Waals surface area contributed by atoms with Gasteiger partial charge in [0.05, 0.1) is 0 Å². The summed E-state index contributed by atoms with van der Waals surface area (Å²) in [6, 6.07) is 0.506. The molecule has 2 atom stereocenters. The first kappa shape index (κ1) is 14.5. The molecular weight excluding hydrogens is 212 g/mol. The molecule has 0 aromatic heterocycles. The first-order chi connectivity index (χ1) is 8.06. The Balaban J connectivity index is 2.49. The van der Waals surface area contributed by atoms with Gasteiger partial charge in [0, 0.05) is 25.0 Å². The Morgan fingerprint density at radius 2 is 2.06 bits per heavy atom. The topological polar surface area (TPSA) is 32.3 Å². The van der Waals surface area contributed by atoms with Crippen molar-refractivity contribution in [1.29, 1.82) is 0 Å². The number of carbonyl (C=O) groups is 1. The zero-order valence-corrected chi connectivity index (χ0v) is 11.8. The van der Waals surface area contributed by atoms with Crippen LogP contribution in [0.4, 0.5) is 0 Å². The molecule has 1 aliphatic rings. The third-order valence-corrected chi connectivity index (χ3v) is 3.94. The number of hydrogen-bond acceptors (Lipinski definition) is 2. The second-order valence-corrected chi connectivity index (χ2v) is 5.56. The number of likely N-dealkylation sites (N-methyl/N-ethyl adjacent to an activating group) is 1. The number of carbonyl (C=O) groups excluding carboxylic acids is 1. The number of amides is 1. The molecule has 0 bridgehead atoms. The first-order valence-electron chi connectivity index (χ1n) is 7.08. The highest BCUT2D eigenvalue weighted by atomic mass is 16.2. The van der Waals surface area contributed by atoms with Crippen molar-refractivity contribution >= 4 is 5.91 Å². The second-order valence-electron chi connectivity index (χ2n) is 5.56. The number of rotatable bonds is 5. The lowest BCUT2D eigenvalue weighted by Gasteiger charge is -2.32. The van der Waals surface area contributed by atoms with Gasteiger partial charge in [0.1, 0.15) is 0 Å². The standard InChI is InChI=1S/C14H28N2O/c1-5-16(14(17)12(4)11(2)3)10-13-8-6-7-9-15-13/h11-13,15H,5-10H2,1-4H3. The summed E-state index contributed by atoms with van der Waals surface area (Å²) in [5, 5.41) is 3.51. The number of hydrogen-bond donors (Lipinski definition) is 1. The lowest BCUT2D eigenvalue weighted by Crippen LogP contribution is -2.47. The molecule has 1 heterocycles. The molecule has 1 N–H and O–H groups in total. The minimum Gasteiger partial charge on any atom is -0.341 e. The number of nitrogens with zero attached hydrogens (tertiary/aromatic N) is 1. The molecule has 0 radical (unpaired) electrons. The fourth-order valence-electron chi connectivity index (χ4n) is 2.29. The van der Waals surface area contributed by atoms with Crippen LogP contribution in [0, 0.1) is 11.8 Å². The van der Waals surface area contributed by atoms with Crippen LogP contribution in [-0.2, 0) is 4.79 Å². The number of nitrogens with one attached hydrogen (secondary N) is 1. The maximum absolute atomic E-state index is 12.3. The highest BCUT2D eigenvalue weighted by molar-refractivity contribution is 5.78. The molecule has 1 fully saturated rings. The predicted molar refractivity (Wildman–Crippen MR) is 71.9 cm³/mol. The van der Waals surface area contributed by atoms with Gasteiger partial charge in [0.2, 0.25) is 5.91 Å². The Morgan fingerprint density at radius 3 is 2.53 bits per heavy atom. The van der Waals surface area contributed by atoms with Gasteiger partial charge in [0.25, 0.3) is 0 Å². The van der Waals surface area contributed by atoms with Crippen LogP contribution in [-0.4, -0.2) is 36.5 Å². The minimum atomic E-state index is 0.138. The maximum Gasteiger partial charge on any atom is 0.225 e. The summed E-state index contributed by atoms with van der Waals surface area (Å²) in [7, 11) is 0. The van der Waals surface area contributed by atoms with Crippen LogP contribution in [0.25, 0.3) is 0 Å². The lowest BCUT2D eigenvalue weighted by molar-refractivity contribution is -0.136. The minimum absolute atomic E-state index is 0.138. The molecule has 0 aromatic rings. The molecule has 17 heavy (non-hydrogen) atoms. The third-order valence-electron chi connectivity index (χ3n) is 3.94. The zero-order valence-electron chi connectivity index (χ0n) is 11.8. The predicted octanol–water partition coefficient (Wildman–Crippen LogP) is 2.27. The van der Waals surface area contributed by atoms with Gasteiger partial charge in [-0.05, 0) is 32.2 Å². The molecule has 1 rings (SSSR count). The molecule has 1 saturated heterocycles. The molecule has 100 valence electrons. The van der Waals surface area contributed by atoms with Crippen molar-refractivity contribution in [1.82, 2.24) is 10.2 Å². The van der Waals surface area contributed by atoms with Crippen LogP contribution < -0.4 is 5.32 Å². The Kier molecular flexibility index (Phi) is 5.96. The van der Waals surface area contributed by atoms with Crippen molar-refractivity contribution in [2.75, 3.05) is 19.6 Å². The average Bonchev–Trinajstić information content (AvgIpc) is 2.35. The van der Waals surface area contributed by atoms with Crippen LogP contribution in [0.1, 0.15) is 47.0 Å². The van der Waals surface area contributed by atoms with Crippen molar-refractivity contribution in [2.45, 2.75) is 53.0 Å². The van der Waals surface area contributed by atoms with Crippen molar-refractivity contribution in [3.8, 4) is 0 Å². The zero-order chi connectivity index (χ0) is 12.8. The largest absolute Gasteiger partial charge is 0.341 e. The van der Waals surface area contributed by atoms with Gasteiger partial charge < -0.3 is 10.2 Å². The first-order valence-corrected chi connectivity index (χ1v) is 7.08. The molecule has 0 aromatic carbocycles. The van der Waals surface area contributed by atoms with Crippen LogP contribution in [0.15, 0.2) is 0 Å². The normalized spacial score (nSPS) is 22.5. The average molecular weight is 240 g/mol. The van der Waals surface area contributed by atoms with Crippen LogP contribution in [0.5, 0.6) is 0 Å². The smallest absolute Gasteiger partial charge is 0.225 e. The van der Waals surface area contributed by atoms with Gasteiger partial charge >= 0.3 is 0 Å². The number of piperidine rings is 1. The maximum atomic E-state index is 12.3. The van der Waals surface area contributed by atoms with E-state index in [-0.39, 0.29) is 5.92 Å². The van der Waals surface area contributed by atoms with Crippen molar-refractivity contribution in [3.05, 3.63) is 0 Å². The van der Waals surface area contributed by atoms with Crippen molar-refractivity contribution in [2.24, 2.45) is 11.8 Å². The third kappa shape index (κ3) is 4.30. The molecule has 2 unspecified atom stereocenters. The summed E-state index contributed by atoms with van der Waals surface area (Å²) in [6.45, 7) is 11.2. The van der Waals surface area contributed by atoms with Crippen molar-refractivity contribution < 1.29 is 4.79 Å². The molecule has 0 spiro atoms. The monoisotopic (exact) mass is 240 g/mol. The van der Waals surface area contributed by atoms with Gasteiger partial charge in [-0.15, -0.1) is 0 Å². The Morgan fingerprint density at radius 1 is 1.35 bits per heavy atom. The molecular formula is C14H28N2O. The van der Waals surface area contributed by atoms with Gasteiger partial charge in [0.15, 0.2) is 0 Å². The van der Waals surface area contributed by atoms with E-state index in [9.17, 15) is 4.79 Å². The van der Waals surface area contributed by atoms with E-state index in [1.54, 1.807) is 0 Å². The van der Waals surface area contributed by atoms with Gasteiger partial charge in [-0.25, -0.2) is 0 Å². The van der Waals surface area contributed by atoms with Crippen LogP contribution >= 0.6 is 0 Å². The summed E-state index contributed by atoms with van der Waals surface area (Å²) in [5.74, 6) is 0.879. The summed E-state index contributed by atoms with van der Waals surface area (Å²) < 4.78 is 0. The van der Waals surface area contributed by atoms with Gasteiger partial charge in [-0.1, -0.05) is 27.2 Å². The summed E-state index contributed by atoms with van der Waals surface area (Å²) in [6.07, 6.45) is 3.78. The molecule has 0 aliphatic carbocycles. The quantitative estimate of drug-likeness (QED) is 0.799. The van der Waals surface area contributed by atoms with Crippen LogP contribution in [0.3, 0.4) is 0 Å². The summed E-state index contributed by atoms with van der Waals surface area (Å²) in [5.41, 5.74) is 0. The Hall–Kier alpha value is -0.570. The van der Waals surface area contributed by atoms with Gasteiger partial charge in [-0.3, -0.25) is 4.79 Å². The Labute approximate surface area is 106 Å². The van der Waals surface area contributed by atoms with E-state index in [2.05, 4.69) is 26.1 Å². The highest BCUT2D eigenvalue weighted by Crippen LogP contribution is 2.15. The summed E-state index contributed by atoms with van der Waals surface area (Å²) >= 11 is 0. The highest BCUT2D eigenvalue weighted by Gasteiger charge is 2.24. The van der Waals surface area contributed by atoms with E-state index in [1.165, 1.54) is 19.3 Å². The van der Waals surface area contributed by atoms with E-state index >= 15 is 0 Å². The van der Waals surface area contributed by atoms with E-state index in [4.69, 9.17) is 0 Å². The van der Waals surface area contributed by atoms with E-state index in [0.29, 0.717) is 17.9 Å². The molecule has 0 saturated carbocycles. The molecule has 3 nitrogen and oxygen atoms in total. The second kappa shape index (κ2) is 7.00. The van der Waals surface area contributed by atoms with Gasteiger partial charge in [-0.2, -0.15) is 0 Å². The fourth-order valence-corrected chi connectivity index (χ4v) is 2.29.